The third-order valence-electron chi connectivity index (χ3n) is 3.00. The molecule has 1 unspecified atom stereocenters. The minimum atomic E-state index is -0.376. The monoisotopic (exact) mass is 304 g/mol. The topological polar surface area (TPSA) is 78.4 Å². The van der Waals surface area contributed by atoms with E-state index in [1.54, 1.807) is 25.3 Å². The predicted molar refractivity (Wildman–Crippen MR) is 83.7 cm³/mol. The number of benzene rings is 2. The molecule has 0 heterocycles. The number of rotatable bonds is 6. The van der Waals surface area contributed by atoms with Crippen LogP contribution < -0.4 is 10.5 Å². The Morgan fingerprint density at radius 3 is 2.76 bits per heavy atom. The van der Waals surface area contributed by atoms with Gasteiger partial charge in [0.2, 0.25) is 0 Å². The Balaban J connectivity index is 2.07. The van der Waals surface area contributed by atoms with Gasteiger partial charge in [0.1, 0.15) is 5.75 Å². The number of ether oxygens (including phenoxy) is 1. The molecule has 2 aromatic carbocycles. The first-order valence-electron chi connectivity index (χ1n) is 6.37. The normalized spacial score (nSPS) is 11.9. The Bertz CT molecular complexity index is 634. The summed E-state index contributed by atoms with van der Waals surface area (Å²) in [4.78, 5) is 11.2. The van der Waals surface area contributed by atoms with Gasteiger partial charge in [0.25, 0.3) is 5.69 Å². The van der Waals surface area contributed by atoms with Gasteiger partial charge in [0.05, 0.1) is 16.9 Å². The first-order chi connectivity index (χ1) is 10.1. The molecule has 0 radical (unpaired) electrons. The summed E-state index contributed by atoms with van der Waals surface area (Å²) < 4.78 is 5.17. The number of nitrogens with zero attached hydrogens (tertiary/aromatic N) is 1. The van der Waals surface area contributed by atoms with Gasteiger partial charge in [-0.25, -0.2) is 0 Å². The minimum Gasteiger partial charge on any atom is -0.497 e. The number of nitrogens with two attached hydrogens (primary N) is 1. The van der Waals surface area contributed by atoms with Gasteiger partial charge >= 0.3 is 0 Å². The summed E-state index contributed by atoms with van der Waals surface area (Å²) in [6, 6.07) is 14.0. The van der Waals surface area contributed by atoms with Crippen molar-refractivity contribution in [3.63, 3.8) is 0 Å². The van der Waals surface area contributed by atoms with Gasteiger partial charge in [0, 0.05) is 17.9 Å². The fourth-order valence-electron chi connectivity index (χ4n) is 1.88. The van der Waals surface area contributed by atoms with Crippen LogP contribution in [0.4, 0.5) is 5.69 Å². The maximum Gasteiger partial charge on any atom is 0.282 e. The molecule has 0 fully saturated rings. The number of nitro groups is 1. The zero-order valence-electron chi connectivity index (χ0n) is 11.6. The van der Waals surface area contributed by atoms with Gasteiger partial charge in [-0.2, -0.15) is 0 Å². The third kappa shape index (κ3) is 3.96. The van der Waals surface area contributed by atoms with Crippen molar-refractivity contribution in [2.45, 2.75) is 10.9 Å². The van der Waals surface area contributed by atoms with Crippen molar-refractivity contribution < 1.29 is 9.66 Å². The number of para-hydroxylation sites is 1. The molecule has 110 valence electrons. The highest BCUT2D eigenvalue weighted by molar-refractivity contribution is 7.99. The average molecular weight is 304 g/mol. The Hall–Kier alpha value is -2.05. The lowest BCUT2D eigenvalue weighted by Crippen LogP contribution is -2.13. The number of thioether (sulfide) groups is 1. The summed E-state index contributed by atoms with van der Waals surface area (Å²) in [6.07, 6.45) is 0. The van der Waals surface area contributed by atoms with E-state index in [0.717, 1.165) is 11.3 Å². The first kappa shape index (κ1) is 15.3. The lowest BCUT2D eigenvalue weighted by Gasteiger charge is -2.12. The zero-order chi connectivity index (χ0) is 15.2. The molecule has 0 saturated carbocycles. The summed E-state index contributed by atoms with van der Waals surface area (Å²) in [7, 11) is 1.60. The minimum absolute atomic E-state index is 0.111. The summed E-state index contributed by atoms with van der Waals surface area (Å²) in [6.45, 7) is 0. The molecule has 2 rings (SSSR count). The molecule has 0 aliphatic heterocycles. The molecular formula is C15H16N2O3S. The predicted octanol–water partition coefficient (Wildman–Crippen LogP) is 3.40. The SMILES string of the molecule is COc1cccc(C(N)CSc2ccccc2[N+](=O)[O-])c1. The van der Waals surface area contributed by atoms with E-state index < -0.39 is 0 Å². The zero-order valence-corrected chi connectivity index (χ0v) is 12.4. The van der Waals surface area contributed by atoms with Gasteiger partial charge in [0.15, 0.2) is 0 Å². The van der Waals surface area contributed by atoms with Crippen molar-refractivity contribution in [1.82, 2.24) is 0 Å². The molecule has 21 heavy (non-hydrogen) atoms. The number of methoxy groups -OCH3 is 1. The molecule has 0 spiro atoms. The van der Waals surface area contributed by atoms with E-state index in [1.807, 2.05) is 24.3 Å². The lowest BCUT2D eigenvalue weighted by atomic mass is 10.1. The standard InChI is InChI=1S/C15H16N2O3S/c1-20-12-6-4-5-11(9-12)13(16)10-21-15-8-3-2-7-14(15)17(18)19/h2-9,13H,10,16H2,1H3. The van der Waals surface area contributed by atoms with E-state index >= 15 is 0 Å². The molecule has 0 aromatic heterocycles. The van der Waals surface area contributed by atoms with Crippen LogP contribution in [0.5, 0.6) is 5.75 Å². The molecule has 0 saturated heterocycles. The van der Waals surface area contributed by atoms with E-state index in [1.165, 1.54) is 17.8 Å². The van der Waals surface area contributed by atoms with E-state index in [-0.39, 0.29) is 16.7 Å². The number of nitro benzene ring substituents is 1. The van der Waals surface area contributed by atoms with Crippen LogP contribution in [0.2, 0.25) is 0 Å². The van der Waals surface area contributed by atoms with Crippen LogP contribution in [0.1, 0.15) is 11.6 Å². The van der Waals surface area contributed by atoms with Crippen LogP contribution in [0, 0.1) is 10.1 Å². The van der Waals surface area contributed by atoms with Crippen LogP contribution >= 0.6 is 11.8 Å². The van der Waals surface area contributed by atoms with Crippen molar-refractivity contribution in [1.29, 1.82) is 0 Å². The van der Waals surface area contributed by atoms with Gasteiger partial charge in [-0.3, -0.25) is 10.1 Å². The highest BCUT2D eigenvalue weighted by atomic mass is 32.2. The Morgan fingerprint density at radius 2 is 2.05 bits per heavy atom. The van der Waals surface area contributed by atoms with Crippen LogP contribution in [-0.4, -0.2) is 17.8 Å². The second kappa shape index (κ2) is 7.10. The van der Waals surface area contributed by atoms with Crippen molar-refractivity contribution in [2.75, 3.05) is 12.9 Å². The Labute approximate surface area is 127 Å². The fourth-order valence-corrected chi connectivity index (χ4v) is 2.89. The number of hydrogen-bond acceptors (Lipinski definition) is 5. The summed E-state index contributed by atoms with van der Waals surface area (Å²) >= 11 is 1.38. The van der Waals surface area contributed by atoms with Gasteiger partial charge in [-0.15, -0.1) is 11.8 Å². The molecule has 0 aliphatic rings. The largest absolute Gasteiger partial charge is 0.497 e. The first-order valence-corrected chi connectivity index (χ1v) is 7.36. The van der Waals surface area contributed by atoms with Crippen molar-refractivity contribution >= 4 is 17.4 Å². The van der Waals surface area contributed by atoms with Gasteiger partial charge in [-0.05, 0) is 23.8 Å². The second-order valence-corrected chi connectivity index (χ2v) is 5.48. The highest BCUT2D eigenvalue weighted by Gasteiger charge is 2.15. The summed E-state index contributed by atoms with van der Waals surface area (Å²) in [5.74, 6) is 1.30. The third-order valence-corrected chi connectivity index (χ3v) is 4.18. The second-order valence-electron chi connectivity index (χ2n) is 4.42. The lowest BCUT2D eigenvalue weighted by molar-refractivity contribution is -0.387. The van der Waals surface area contributed by atoms with E-state index in [9.17, 15) is 10.1 Å². The Kier molecular flexibility index (Phi) is 5.19. The fraction of sp³-hybridized carbons (Fsp3) is 0.200. The van der Waals surface area contributed by atoms with E-state index in [2.05, 4.69) is 0 Å². The molecule has 0 aliphatic carbocycles. The molecule has 2 N–H and O–H groups in total. The average Bonchev–Trinajstić information content (AvgIpc) is 2.52. The summed E-state index contributed by atoms with van der Waals surface area (Å²) in [5, 5.41) is 11.0. The summed E-state index contributed by atoms with van der Waals surface area (Å²) in [5.41, 5.74) is 7.20. The van der Waals surface area contributed by atoms with E-state index in [0.29, 0.717) is 10.6 Å². The maximum atomic E-state index is 11.0. The van der Waals surface area contributed by atoms with Crippen LogP contribution in [-0.2, 0) is 0 Å². The maximum absolute atomic E-state index is 11.0. The molecular weight excluding hydrogens is 288 g/mol. The highest BCUT2D eigenvalue weighted by Crippen LogP contribution is 2.31. The van der Waals surface area contributed by atoms with Gasteiger partial charge in [-0.1, -0.05) is 24.3 Å². The number of hydrogen-bond donors (Lipinski definition) is 1. The van der Waals surface area contributed by atoms with Crippen LogP contribution in [0.3, 0.4) is 0 Å². The van der Waals surface area contributed by atoms with Crippen molar-refractivity contribution in [3.8, 4) is 5.75 Å². The molecule has 2 aromatic rings. The molecule has 6 heteroatoms. The van der Waals surface area contributed by atoms with Crippen molar-refractivity contribution in [3.05, 3.63) is 64.2 Å². The quantitative estimate of drug-likeness (QED) is 0.503. The molecule has 0 amide bonds. The van der Waals surface area contributed by atoms with E-state index in [4.69, 9.17) is 10.5 Å². The Morgan fingerprint density at radius 1 is 1.29 bits per heavy atom. The van der Waals surface area contributed by atoms with Gasteiger partial charge < -0.3 is 10.5 Å². The smallest absolute Gasteiger partial charge is 0.282 e. The van der Waals surface area contributed by atoms with Crippen LogP contribution in [0.15, 0.2) is 53.4 Å². The van der Waals surface area contributed by atoms with Crippen LogP contribution in [0.25, 0.3) is 0 Å². The molecule has 5 nitrogen and oxygen atoms in total. The molecule has 1 atom stereocenters. The van der Waals surface area contributed by atoms with Crippen molar-refractivity contribution in [2.24, 2.45) is 5.73 Å². The molecule has 0 bridgehead atoms.